The molecule has 0 amide bonds. The molecule has 0 atom stereocenters. The van der Waals surface area contributed by atoms with Crippen LogP contribution in [-0.2, 0) is 4.74 Å². The van der Waals surface area contributed by atoms with Crippen molar-refractivity contribution < 1.29 is 4.74 Å². The van der Waals surface area contributed by atoms with Gasteiger partial charge in [-0.1, -0.05) is 13.8 Å². The Morgan fingerprint density at radius 2 is 1.45 bits per heavy atom. The lowest BCUT2D eigenvalue weighted by Gasteiger charge is -2.00. The van der Waals surface area contributed by atoms with Crippen LogP contribution in [0.3, 0.4) is 0 Å². The predicted molar refractivity (Wildman–Crippen MR) is 53.1 cm³/mol. The molecule has 0 aromatic rings. The highest BCUT2D eigenvalue weighted by Gasteiger charge is 1.83. The summed E-state index contributed by atoms with van der Waals surface area (Å²) in [7, 11) is 3.75. The van der Waals surface area contributed by atoms with Crippen molar-refractivity contribution in [1.29, 1.82) is 0 Å². The van der Waals surface area contributed by atoms with Crippen molar-refractivity contribution in [3.05, 3.63) is 0 Å². The first kappa shape index (κ1) is 17.1. The third kappa shape index (κ3) is 73.0. The van der Waals surface area contributed by atoms with Crippen molar-refractivity contribution in [2.24, 2.45) is 0 Å². The molecule has 0 spiro atoms. The van der Waals surface area contributed by atoms with Gasteiger partial charge in [-0.05, 0) is 34.9 Å². The van der Waals surface area contributed by atoms with Gasteiger partial charge in [0.15, 0.2) is 0 Å². The summed E-state index contributed by atoms with van der Waals surface area (Å²) in [5.74, 6) is 0. The molecule has 72 valence electrons. The average molecular weight is 163 g/mol. The summed E-state index contributed by atoms with van der Waals surface area (Å²) >= 11 is 0. The molecule has 0 aliphatic carbocycles. The molecule has 0 aromatic carbocycles. The highest BCUT2D eigenvalue weighted by molar-refractivity contribution is 4.30. The Hall–Kier alpha value is -0.0800. The number of rotatable bonds is 2. The number of hydrogen-bond acceptors (Lipinski definition) is 2. The molecular formula is C9H25NO. The van der Waals surface area contributed by atoms with E-state index < -0.39 is 0 Å². The average Bonchev–Trinajstić information content (AvgIpc) is 1.93. The van der Waals surface area contributed by atoms with Gasteiger partial charge in [-0.3, -0.25) is 0 Å². The van der Waals surface area contributed by atoms with Gasteiger partial charge in [0.1, 0.15) is 0 Å². The molecule has 0 aromatic heterocycles. The van der Waals surface area contributed by atoms with E-state index in [0.29, 0.717) is 6.10 Å². The maximum atomic E-state index is 5.04. The molecule has 0 fully saturated rings. The predicted octanol–water partition coefficient (Wildman–Crippen LogP) is 2.29. The maximum Gasteiger partial charge on any atom is 0.0518 e. The Labute approximate surface area is 72.3 Å². The first-order valence-corrected chi connectivity index (χ1v) is 4.39. The van der Waals surface area contributed by atoms with Gasteiger partial charge in [-0.15, -0.1) is 0 Å². The van der Waals surface area contributed by atoms with E-state index in [4.69, 9.17) is 4.74 Å². The Morgan fingerprint density at radius 1 is 1.18 bits per heavy atom. The second-order valence-corrected chi connectivity index (χ2v) is 2.00. The quantitative estimate of drug-likeness (QED) is 0.674. The van der Waals surface area contributed by atoms with Crippen LogP contribution in [-0.4, -0.2) is 26.8 Å². The maximum absolute atomic E-state index is 5.04. The van der Waals surface area contributed by atoms with Gasteiger partial charge in [0.2, 0.25) is 0 Å². The van der Waals surface area contributed by atoms with Crippen molar-refractivity contribution in [3.8, 4) is 0 Å². The standard InChI is InChI=1S/C5H12O.C2H7N.C2H6/c1-4-6-5(2)3;1-3-2;1-2/h5H,4H2,1-3H3;3H,1-2H3;1-2H3. The van der Waals surface area contributed by atoms with Crippen LogP contribution in [0.1, 0.15) is 34.6 Å². The molecule has 0 saturated heterocycles. The molecule has 0 saturated carbocycles. The van der Waals surface area contributed by atoms with Crippen LogP contribution in [0.25, 0.3) is 0 Å². The van der Waals surface area contributed by atoms with E-state index in [2.05, 4.69) is 5.32 Å². The lowest BCUT2D eigenvalue weighted by Crippen LogP contribution is -1.99. The zero-order chi connectivity index (χ0) is 9.70. The molecule has 0 radical (unpaired) electrons. The van der Waals surface area contributed by atoms with Gasteiger partial charge in [0.25, 0.3) is 0 Å². The van der Waals surface area contributed by atoms with Crippen LogP contribution in [0.15, 0.2) is 0 Å². The smallest absolute Gasteiger partial charge is 0.0518 e. The summed E-state index contributed by atoms with van der Waals surface area (Å²) in [5, 5.41) is 2.75. The topological polar surface area (TPSA) is 21.3 Å². The van der Waals surface area contributed by atoms with Crippen molar-refractivity contribution in [3.63, 3.8) is 0 Å². The third-order valence-corrected chi connectivity index (χ3v) is 0.500. The lowest BCUT2D eigenvalue weighted by atomic mass is 10.5. The molecule has 2 heteroatoms. The molecule has 2 nitrogen and oxygen atoms in total. The van der Waals surface area contributed by atoms with Crippen LogP contribution in [0.5, 0.6) is 0 Å². The summed E-state index contributed by atoms with van der Waals surface area (Å²) in [4.78, 5) is 0. The molecule has 0 unspecified atom stereocenters. The number of hydrogen-bond donors (Lipinski definition) is 1. The Kier molecular flexibility index (Phi) is 35.1. The van der Waals surface area contributed by atoms with Crippen molar-refractivity contribution in [2.75, 3.05) is 20.7 Å². The summed E-state index contributed by atoms with van der Waals surface area (Å²) < 4.78 is 5.04. The van der Waals surface area contributed by atoms with E-state index in [0.717, 1.165) is 6.61 Å². The number of ether oxygens (including phenoxy) is 1. The second kappa shape index (κ2) is 22.5. The van der Waals surface area contributed by atoms with Gasteiger partial charge in [0.05, 0.1) is 6.10 Å². The van der Waals surface area contributed by atoms with Gasteiger partial charge in [-0.2, -0.15) is 0 Å². The van der Waals surface area contributed by atoms with Crippen LogP contribution < -0.4 is 5.32 Å². The molecule has 0 bridgehead atoms. The lowest BCUT2D eigenvalue weighted by molar-refractivity contribution is 0.0899. The molecule has 11 heavy (non-hydrogen) atoms. The second-order valence-electron chi connectivity index (χ2n) is 2.00. The van der Waals surface area contributed by atoms with Gasteiger partial charge in [0, 0.05) is 6.61 Å². The normalized spacial score (nSPS) is 7.64. The third-order valence-electron chi connectivity index (χ3n) is 0.500. The van der Waals surface area contributed by atoms with E-state index >= 15 is 0 Å². The molecule has 0 heterocycles. The van der Waals surface area contributed by atoms with Crippen molar-refractivity contribution >= 4 is 0 Å². The van der Waals surface area contributed by atoms with Gasteiger partial charge in [-0.25, -0.2) is 0 Å². The Balaban J connectivity index is -0.000000109. The van der Waals surface area contributed by atoms with Gasteiger partial charge < -0.3 is 10.1 Å². The van der Waals surface area contributed by atoms with E-state index in [1.165, 1.54) is 0 Å². The summed E-state index contributed by atoms with van der Waals surface area (Å²) in [6.07, 6.45) is 0.398. The zero-order valence-electron chi connectivity index (χ0n) is 9.19. The molecule has 0 rings (SSSR count). The fourth-order valence-corrected chi connectivity index (χ4v) is 0.333. The van der Waals surface area contributed by atoms with E-state index in [1.807, 2.05) is 48.7 Å². The number of nitrogens with one attached hydrogen (secondary N) is 1. The monoisotopic (exact) mass is 163 g/mol. The van der Waals surface area contributed by atoms with Gasteiger partial charge >= 0.3 is 0 Å². The van der Waals surface area contributed by atoms with E-state index in [9.17, 15) is 0 Å². The highest BCUT2D eigenvalue weighted by atomic mass is 16.5. The van der Waals surface area contributed by atoms with Crippen LogP contribution >= 0.6 is 0 Å². The van der Waals surface area contributed by atoms with Crippen LogP contribution in [0, 0.1) is 0 Å². The fraction of sp³-hybridized carbons (Fsp3) is 1.00. The van der Waals surface area contributed by atoms with E-state index in [-0.39, 0.29) is 0 Å². The Bertz CT molecular complexity index is 38.5. The minimum atomic E-state index is 0.398. The molecule has 0 aliphatic heterocycles. The summed E-state index contributed by atoms with van der Waals surface area (Å²) in [6, 6.07) is 0. The Morgan fingerprint density at radius 3 is 1.45 bits per heavy atom. The molecular weight excluding hydrogens is 138 g/mol. The molecule has 1 N–H and O–H groups in total. The van der Waals surface area contributed by atoms with Crippen LogP contribution in [0.2, 0.25) is 0 Å². The molecule has 0 aliphatic rings. The SMILES string of the molecule is CC.CCOC(C)C.CNC. The fourth-order valence-electron chi connectivity index (χ4n) is 0.333. The van der Waals surface area contributed by atoms with Crippen molar-refractivity contribution in [1.82, 2.24) is 5.32 Å². The minimum absolute atomic E-state index is 0.398. The highest BCUT2D eigenvalue weighted by Crippen LogP contribution is 1.83. The van der Waals surface area contributed by atoms with Crippen molar-refractivity contribution in [2.45, 2.75) is 40.7 Å². The van der Waals surface area contributed by atoms with Crippen LogP contribution in [0.4, 0.5) is 0 Å². The largest absolute Gasteiger partial charge is 0.379 e. The zero-order valence-corrected chi connectivity index (χ0v) is 9.19. The summed E-state index contributed by atoms with van der Waals surface area (Å²) in [6.45, 7) is 10.9. The first-order valence-electron chi connectivity index (χ1n) is 4.39. The summed E-state index contributed by atoms with van der Waals surface area (Å²) in [5.41, 5.74) is 0. The first-order chi connectivity index (χ1) is 5.18. The van der Waals surface area contributed by atoms with E-state index in [1.54, 1.807) is 0 Å². The minimum Gasteiger partial charge on any atom is -0.379 e.